The van der Waals surface area contributed by atoms with Crippen LogP contribution in [0.5, 0.6) is 0 Å². The molecule has 19 nitrogen and oxygen atoms in total. The Morgan fingerprint density at radius 2 is 1.55 bits per heavy atom. The minimum absolute atomic E-state index is 0.0467. The quantitative estimate of drug-likeness (QED) is 0.111. The Bertz CT molecular complexity index is 2370. The van der Waals surface area contributed by atoms with Crippen molar-refractivity contribution >= 4 is 47.3 Å². The molecule has 0 radical (unpaired) electrons. The van der Waals surface area contributed by atoms with E-state index in [0.29, 0.717) is 19.4 Å². The Labute approximate surface area is 428 Å². The fourth-order valence-corrected chi connectivity index (χ4v) is 12.2. The van der Waals surface area contributed by atoms with Crippen LogP contribution in [-0.2, 0) is 28.8 Å². The first-order valence-electron chi connectivity index (χ1n) is 27.0. The van der Waals surface area contributed by atoms with E-state index in [9.17, 15) is 43.5 Å². The SMILES string of the molecule is CCC[C@H](NC(=O)[C@@H]1[C@H]2CCC[C@H]2CN1C(=O)[C@@H](NC(=O)[C@@H](NC(=O)c1cnc(C2CCC(c3ccc(C(=O)NC4CCC(=O)NC4=O)nc3)C(C)C2)cn1)C1CCCCC1)C(C)(C)C)C(O)C(=O)NC1CC1. The molecule has 4 saturated carbocycles. The van der Waals surface area contributed by atoms with Crippen LogP contribution in [0.4, 0.5) is 0 Å². The van der Waals surface area contributed by atoms with Crippen LogP contribution >= 0.6 is 0 Å². The minimum Gasteiger partial charge on any atom is -0.381 e. The summed E-state index contributed by atoms with van der Waals surface area (Å²) in [6.45, 7) is 10.1. The van der Waals surface area contributed by atoms with Gasteiger partial charge >= 0.3 is 0 Å². The minimum atomic E-state index is -1.43. The Morgan fingerprint density at radius 1 is 0.795 bits per heavy atom. The summed E-state index contributed by atoms with van der Waals surface area (Å²) in [5.74, 6) is -3.31. The van der Waals surface area contributed by atoms with Crippen LogP contribution in [0.1, 0.15) is 188 Å². The lowest BCUT2D eigenvalue weighted by Crippen LogP contribution is -2.62. The largest absolute Gasteiger partial charge is 0.381 e. The summed E-state index contributed by atoms with van der Waals surface area (Å²) in [5, 5.41) is 27.9. The van der Waals surface area contributed by atoms with Gasteiger partial charge in [-0.05, 0) is 117 Å². The third kappa shape index (κ3) is 12.7. The molecule has 7 N–H and O–H groups in total. The number of aliphatic hydroxyl groups is 1. The zero-order valence-electron chi connectivity index (χ0n) is 43.1. The lowest BCUT2D eigenvalue weighted by Gasteiger charge is -2.38. The van der Waals surface area contributed by atoms with E-state index in [2.05, 4.69) is 48.8 Å². The molecule has 2 saturated heterocycles. The highest BCUT2D eigenvalue weighted by Crippen LogP contribution is 2.45. The Kier molecular flexibility index (Phi) is 16.9. The third-order valence-corrected chi connectivity index (χ3v) is 16.5. The van der Waals surface area contributed by atoms with E-state index in [1.807, 2.05) is 33.8 Å². The monoisotopic (exact) mass is 1010 g/mol. The summed E-state index contributed by atoms with van der Waals surface area (Å²) in [4.78, 5) is 123. The number of nitrogens with zero attached hydrogens (tertiary/aromatic N) is 4. The normalized spacial score (nSPS) is 27.1. The molecule has 19 heteroatoms. The molecule has 2 aromatic rings. The maximum absolute atomic E-state index is 15.0. The van der Waals surface area contributed by atoms with Crippen molar-refractivity contribution in [2.24, 2.45) is 29.1 Å². The number of imide groups is 1. The molecule has 0 spiro atoms. The van der Waals surface area contributed by atoms with Gasteiger partial charge < -0.3 is 36.6 Å². The molecule has 8 rings (SSSR count). The fourth-order valence-electron chi connectivity index (χ4n) is 12.2. The van der Waals surface area contributed by atoms with Crippen molar-refractivity contribution in [3.05, 3.63) is 53.4 Å². The van der Waals surface area contributed by atoms with Crippen molar-refractivity contribution < 1.29 is 43.5 Å². The number of carbonyl (C=O) groups is 8. The highest BCUT2D eigenvalue weighted by Gasteiger charge is 2.52. The van der Waals surface area contributed by atoms with Crippen molar-refractivity contribution in [1.82, 2.24) is 51.8 Å². The highest BCUT2D eigenvalue weighted by atomic mass is 16.3. The van der Waals surface area contributed by atoms with Crippen molar-refractivity contribution in [3.63, 3.8) is 0 Å². The van der Waals surface area contributed by atoms with Gasteiger partial charge in [-0.1, -0.05) is 72.8 Å². The van der Waals surface area contributed by atoms with E-state index in [1.54, 1.807) is 23.4 Å². The molecule has 8 amide bonds. The Hall–Kier alpha value is -5.85. The molecular formula is C54H76N10O9. The molecule has 396 valence electrons. The lowest BCUT2D eigenvalue weighted by molar-refractivity contribution is -0.146. The Morgan fingerprint density at radius 3 is 2.19 bits per heavy atom. The first-order chi connectivity index (χ1) is 34.9. The molecule has 4 heterocycles. The molecule has 11 atom stereocenters. The number of hydrogen-bond acceptors (Lipinski definition) is 12. The molecule has 0 aromatic carbocycles. The fraction of sp³-hybridized carbons (Fsp3) is 0.685. The number of fused-ring (bicyclic) bond motifs is 1. The standard InChI is InChI=1S/C54H76N10O9/c1-6-11-37(45(66)52(72)58-34-18-19-34)59-51(71)44-36-15-10-14-33(36)28-64(44)53(73)46(54(3,4)5)63-50(70)43(30-12-8-7-9-13-30)62-49(69)41-27-56-40(26-57-41)31-16-20-35(29(2)24-31)32-17-21-38(55-25-32)47(67)60-39-22-23-42(65)61-48(39)68/h17,21,25-27,29-31,33-37,39,43-46,66H,6-16,18-20,22-24,28H2,1-5H3,(H,58,72)(H,59,71)(H,60,67)(H,62,69)(H,63,70)(H,61,65,68)/t29?,31?,33-,35?,36-,37-,39?,43-,44-,45?,46+/m0/s1. The topological polar surface area (TPSA) is 271 Å². The predicted octanol–water partition coefficient (Wildman–Crippen LogP) is 3.86. The molecule has 4 aliphatic carbocycles. The van der Waals surface area contributed by atoms with Gasteiger partial charge in [0.2, 0.25) is 29.5 Å². The summed E-state index contributed by atoms with van der Waals surface area (Å²) >= 11 is 0. The van der Waals surface area contributed by atoms with Gasteiger partial charge in [0, 0.05) is 37.3 Å². The highest BCUT2D eigenvalue weighted by molar-refractivity contribution is 6.03. The van der Waals surface area contributed by atoms with E-state index in [4.69, 9.17) is 4.98 Å². The Balaban J connectivity index is 0.902. The molecule has 0 bridgehead atoms. The summed E-state index contributed by atoms with van der Waals surface area (Å²) in [5.41, 5.74) is 1.25. The number of carbonyl (C=O) groups excluding carboxylic acids is 8. The van der Waals surface area contributed by atoms with Crippen molar-refractivity contribution in [2.75, 3.05) is 6.54 Å². The summed E-state index contributed by atoms with van der Waals surface area (Å²) < 4.78 is 0. The van der Waals surface area contributed by atoms with Gasteiger partial charge in [0.1, 0.15) is 35.6 Å². The van der Waals surface area contributed by atoms with Gasteiger partial charge in [-0.3, -0.25) is 53.6 Å². The van der Waals surface area contributed by atoms with E-state index in [0.717, 1.165) is 94.7 Å². The van der Waals surface area contributed by atoms with E-state index in [-0.39, 0.29) is 77.6 Å². The van der Waals surface area contributed by atoms with E-state index >= 15 is 0 Å². The second-order valence-electron chi connectivity index (χ2n) is 23.0. The van der Waals surface area contributed by atoms with E-state index in [1.165, 1.54) is 6.20 Å². The number of nitrogens with one attached hydrogen (secondary N) is 6. The lowest BCUT2D eigenvalue weighted by atomic mass is 9.71. The first kappa shape index (κ1) is 53.4. The molecular weight excluding hydrogens is 933 g/mol. The molecule has 6 aliphatic rings. The van der Waals surface area contributed by atoms with E-state index < -0.39 is 77.2 Å². The molecule has 6 fully saturated rings. The number of amides is 8. The van der Waals surface area contributed by atoms with Crippen LogP contribution in [-0.4, -0.2) is 121 Å². The van der Waals surface area contributed by atoms with Crippen molar-refractivity contribution in [3.8, 4) is 0 Å². The number of rotatable bonds is 17. The maximum atomic E-state index is 15.0. The average molecular weight is 1010 g/mol. The van der Waals surface area contributed by atoms with Crippen LogP contribution < -0.4 is 31.9 Å². The van der Waals surface area contributed by atoms with Gasteiger partial charge in [-0.25, -0.2) is 4.98 Å². The average Bonchev–Trinajstić information content (AvgIpc) is 3.94. The number of piperidine rings is 1. The van der Waals surface area contributed by atoms with Crippen LogP contribution in [0.3, 0.4) is 0 Å². The summed E-state index contributed by atoms with van der Waals surface area (Å²) in [6, 6.07) is -0.841. The number of aromatic nitrogens is 3. The van der Waals surface area contributed by atoms with Crippen LogP contribution in [0, 0.1) is 29.1 Å². The summed E-state index contributed by atoms with van der Waals surface area (Å²) in [7, 11) is 0. The zero-order valence-corrected chi connectivity index (χ0v) is 43.1. The number of pyridine rings is 1. The smallest absolute Gasteiger partial charge is 0.272 e. The van der Waals surface area contributed by atoms with Gasteiger partial charge in [0.25, 0.3) is 17.7 Å². The molecule has 73 heavy (non-hydrogen) atoms. The predicted molar refractivity (Wildman–Crippen MR) is 268 cm³/mol. The summed E-state index contributed by atoms with van der Waals surface area (Å²) in [6.07, 6.45) is 15.8. The van der Waals surface area contributed by atoms with Gasteiger partial charge in [0.05, 0.1) is 17.9 Å². The first-order valence-corrected chi connectivity index (χ1v) is 27.0. The molecule has 2 aromatic heterocycles. The molecule has 5 unspecified atom stereocenters. The van der Waals surface area contributed by atoms with Crippen molar-refractivity contribution in [2.45, 2.75) is 198 Å². The molecule has 2 aliphatic heterocycles. The van der Waals surface area contributed by atoms with Gasteiger partial charge in [-0.2, -0.15) is 0 Å². The van der Waals surface area contributed by atoms with Crippen molar-refractivity contribution in [1.29, 1.82) is 0 Å². The number of hydrogen-bond donors (Lipinski definition) is 7. The number of likely N-dealkylation sites (tertiary alicyclic amines) is 1. The van der Waals surface area contributed by atoms with Gasteiger partial charge in [-0.15, -0.1) is 0 Å². The van der Waals surface area contributed by atoms with Crippen LogP contribution in [0.2, 0.25) is 0 Å². The van der Waals surface area contributed by atoms with Crippen LogP contribution in [0.15, 0.2) is 30.7 Å². The maximum Gasteiger partial charge on any atom is 0.272 e. The third-order valence-electron chi connectivity index (χ3n) is 16.5. The van der Waals surface area contributed by atoms with Gasteiger partial charge in [0.15, 0.2) is 6.10 Å². The van der Waals surface area contributed by atoms with Crippen LogP contribution in [0.25, 0.3) is 0 Å². The number of aliphatic hydroxyl groups excluding tert-OH is 1. The second-order valence-corrected chi connectivity index (χ2v) is 23.0. The zero-order chi connectivity index (χ0) is 52.1. The second kappa shape index (κ2) is 23.1.